The summed E-state index contributed by atoms with van der Waals surface area (Å²) >= 11 is 1.57. The lowest BCUT2D eigenvalue weighted by molar-refractivity contribution is 0.267. The molecular formula is C24H27N5S. The summed E-state index contributed by atoms with van der Waals surface area (Å²) in [6, 6.07) is 10.9. The number of nitrogens with zero attached hydrogens (tertiary/aromatic N) is 4. The van der Waals surface area contributed by atoms with Crippen LogP contribution in [0.5, 0.6) is 0 Å². The first-order valence-corrected chi connectivity index (χ1v) is 11.8. The third-order valence-corrected chi connectivity index (χ3v) is 7.17. The molecule has 5 nitrogen and oxygen atoms in total. The second-order valence-electron chi connectivity index (χ2n) is 8.58. The minimum Gasteiger partial charge on any atom is -0.366 e. The third kappa shape index (κ3) is 3.33. The molecule has 1 fully saturated rings. The van der Waals surface area contributed by atoms with Crippen LogP contribution in [0.1, 0.15) is 43.0 Å². The summed E-state index contributed by atoms with van der Waals surface area (Å²) < 4.78 is 2.09. The van der Waals surface area contributed by atoms with Gasteiger partial charge in [-0.15, -0.1) is 0 Å². The second kappa shape index (κ2) is 7.58. The fraction of sp³-hybridized carbons (Fsp3) is 0.375. The van der Waals surface area contributed by atoms with Crippen molar-refractivity contribution in [3.05, 3.63) is 65.1 Å². The number of hydrogen-bond acceptors (Lipinski definition) is 5. The predicted molar refractivity (Wildman–Crippen MR) is 123 cm³/mol. The Labute approximate surface area is 182 Å². The molecule has 1 saturated carbocycles. The summed E-state index contributed by atoms with van der Waals surface area (Å²) in [7, 11) is 0. The Morgan fingerprint density at radius 3 is 2.83 bits per heavy atom. The fourth-order valence-electron chi connectivity index (χ4n) is 4.86. The fourth-order valence-corrected chi connectivity index (χ4v) is 5.22. The number of nitrogens with one attached hydrogen (secondary N) is 1. The maximum Gasteiger partial charge on any atom is 0.189 e. The van der Waals surface area contributed by atoms with Gasteiger partial charge in [-0.1, -0.05) is 42.0 Å². The monoisotopic (exact) mass is 417 g/mol. The maximum absolute atomic E-state index is 4.75. The van der Waals surface area contributed by atoms with Gasteiger partial charge in [0.15, 0.2) is 5.16 Å². The molecule has 1 aromatic carbocycles. The van der Waals surface area contributed by atoms with E-state index in [-0.39, 0.29) is 5.41 Å². The third-order valence-electron chi connectivity index (χ3n) is 6.61. The van der Waals surface area contributed by atoms with E-state index in [0.717, 1.165) is 35.9 Å². The van der Waals surface area contributed by atoms with Gasteiger partial charge in [0.25, 0.3) is 0 Å². The van der Waals surface area contributed by atoms with Crippen LogP contribution in [0.4, 0.5) is 5.82 Å². The largest absolute Gasteiger partial charge is 0.366 e. The molecule has 0 aliphatic heterocycles. The number of aromatic nitrogens is 4. The average molecular weight is 418 g/mol. The first-order chi connectivity index (χ1) is 14.6. The number of fused-ring (bicyclic) bond motifs is 2. The number of rotatable bonds is 4. The standard InChI is InChI=1S/C24H27N5S/c1-16-7-9-19(10-8-16)29-20-13-18-5-4-6-21(24(18,2)14-17(20)15-26-29)27-22-11-12-25-23(28-22)30-3/h7-13,15,21H,4-6,14H2,1-3H3,(H,25,27,28)/t21-,24-/m0/s1. The summed E-state index contributed by atoms with van der Waals surface area (Å²) in [5.41, 5.74) is 6.53. The quantitative estimate of drug-likeness (QED) is 0.461. The Morgan fingerprint density at radius 2 is 2.03 bits per heavy atom. The van der Waals surface area contributed by atoms with E-state index < -0.39 is 0 Å². The van der Waals surface area contributed by atoms with E-state index in [9.17, 15) is 0 Å². The van der Waals surface area contributed by atoms with Crippen LogP contribution in [0, 0.1) is 12.3 Å². The highest BCUT2D eigenvalue weighted by atomic mass is 32.2. The van der Waals surface area contributed by atoms with Crippen molar-refractivity contribution < 1.29 is 0 Å². The van der Waals surface area contributed by atoms with Crippen molar-refractivity contribution >= 4 is 23.7 Å². The summed E-state index contributed by atoms with van der Waals surface area (Å²) in [6.45, 7) is 4.52. The van der Waals surface area contributed by atoms with Gasteiger partial charge in [-0.3, -0.25) is 0 Å². The molecular weight excluding hydrogens is 390 g/mol. The van der Waals surface area contributed by atoms with E-state index in [0.29, 0.717) is 6.04 Å². The van der Waals surface area contributed by atoms with Crippen molar-refractivity contribution in [1.29, 1.82) is 0 Å². The van der Waals surface area contributed by atoms with Gasteiger partial charge < -0.3 is 5.32 Å². The van der Waals surface area contributed by atoms with Crippen LogP contribution in [-0.4, -0.2) is 32.0 Å². The van der Waals surface area contributed by atoms with Crippen molar-refractivity contribution in [2.75, 3.05) is 11.6 Å². The van der Waals surface area contributed by atoms with Crippen LogP contribution in [0.25, 0.3) is 11.8 Å². The van der Waals surface area contributed by atoms with E-state index in [1.807, 2.05) is 18.5 Å². The second-order valence-corrected chi connectivity index (χ2v) is 9.36. The molecule has 2 heterocycles. The Balaban J connectivity index is 1.47. The molecule has 0 amide bonds. The highest BCUT2D eigenvalue weighted by Gasteiger charge is 2.43. The average Bonchev–Trinajstić information content (AvgIpc) is 3.15. The Bertz CT molecular complexity index is 1100. The van der Waals surface area contributed by atoms with E-state index in [1.165, 1.54) is 28.8 Å². The Morgan fingerprint density at radius 1 is 1.20 bits per heavy atom. The van der Waals surface area contributed by atoms with Crippen LogP contribution < -0.4 is 5.32 Å². The molecule has 0 radical (unpaired) electrons. The number of benzene rings is 1. The molecule has 5 rings (SSSR count). The van der Waals surface area contributed by atoms with Crippen LogP contribution in [0.15, 0.2) is 53.5 Å². The summed E-state index contributed by atoms with van der Waals surface area (Å²) in [4.78, 5) is 8.96. The topological polar surface area (TPSA) is 55.6 Å². The van der Waals surface area contributed by atoms with Gasteiger partial charge in [0, 0.05) is 17.7 Å². The van der Waals surface area contributed by atoms with Gasteiger partial charge in [-0.2, -0.15) is 5.10 Å². The molecule has 154 valence electrons. The summed E-state index contributed by atoms with van der Waals surface area (Å²) in [5.74, 6) is 0.919. The lowest BCUT2D eigenvalue weighted by Crippen LogP contribution is -2.45. The smallest absolute Gasteiger partial charge is 0.189 e. The van der Waals surface area contributed by atoms with Crippen molar-refractivity contribution in [3.8, 4) is 5.69 Å². The molecule has 0 bridgehead atoms. The van der Waals surface area contributed by atoms with Crippen molar-refractivity contribution in [2.45, 2.75) is 50.7 Å². The van der Waals surface area contributed by atoms with Crippen LogP contribution in [-0.2, 0) is 6.42 Å². The van der Waals surface area contributed by atoms with E-state index in [1.54, 1.807) is 11.8 Å². The summed E-state index contributed by atoms with van der Waals surface area (Å²) in [5, 5.41) is 9.29. The van der Waals surface area contributed by atoms with Gasteiger partial charge in [-0.25, -0.2) is 14.6 Å². The minimum absolute atomic E-state index is 0.0663. The van der Waals surface area contributed by atoms with E-state index >= 15 is 0 Å². The summed E-state index contributed by atoms with van der Waals surface area (Å²) in [6.07, 6.45) is 12.8. The first kappa shape index (κ1) is 19.4. The molecule has 0 unspecified atom stereocenters. The van der Waals surface area contributed by atoms with Gasteiger partial charge in [0.1, 0.15) is 5.82 Å². The van der Waals surface area contributed by atoms with Gasteiger partial charge in [0.2, 0.25) is 0 Å². The molecule has 30 heavy (non-hydrogen) atoms. The zero-order chi connectivity index (χ0) is 20.7. The minimum atomic E-state index is 0.0663. The van der Waals surface area contributed by atoms with Crippen LogP contribution in [0.2, 0.25) is 0 Å². The first-order valence-electron chi connectivity index (χ1n) is 10.6. The normalized spacial score (nSPS) is 22.8. The molecule has 2 aliphatic rings. The highest BCUT2D eigenvalue weighted by molar-refractivity contribution is 7.98. The zero-order valence-corrected chi connectivity index (χ0v) is 18.5. The predicted octanol–water partition coefficient (Wildman–Crippen LogP) is 5.30. The van der Waals surface area contributed by atoms with Crippen molar-refractivity contribution in [3.63, 3.8) is 0 Å². The number of aryl methyl sites for hydroxylation is 1. The molecule has 0 saturated heterocycles. The van der Waals surface area contributed by atoms with Gasteiger partial charge in [-0.05, 0) is 68.7 Å². The number of anilines is 1. The number of thioether (sulfide) groups is 1. The Hall–Kier alpha value is -2.60. The molecule has 2 atom stereocenters. The molecule has 0 spiro atoms. The highest BCUT2D eigenvalue weighted by Crippen LogP contribution is 2.48. The molecule has 2 aliphatic carbocycles. The van der Waals surface area contributed by atoms with E-state index in [4.69, 9.17) is 5.10 Å². The zero-order valence-electron chi connectivity index (χ0n) is 17.7. The molecule has 1 N–H and O–H groups in total. The van der Waals surface area contributed by atoms with Gasteiger partial charge in [0.05, 0.1) is 17.6 Å². The van der Waals surface area contributed by atoms with Crippen molar-refractivity contribution in [1.82, 2.24) is 19.7 Å². The van der Waals surface area contributed by atoms with Gasteiger partial charge >= 0.3 is 0 Å². The van der Waals surface area contributed by atoms with E-state index in [2.05, 4.69) is 70.4 Å². The maximum atomic E-state index is 4.75. The number of hydrogen-bond donors (Lipinski definition) is 1. The Kier molecular flexibility index (Phi) is 4.89. The lowest BCUT2D eigenvalue weighted by atomic mass is 9.63. The molecule has 2 aromatic heterocycles. The molecule has 3 aromatic rings. The van der Waals surface area contributed by atoms with Crippen LogP contribution in [0.3, 0.4) is 0 Å². The van der Waals surface area contributed by atoms with Crippen LogP contribution >= 0.6 is 11.8 Å². The molecule has 6 heteroatoms. The SMILES string of the molecule is CSc1nccc(N[C@H]2CCCC3=Cc4c(cnn4-c4ccc(C)cc4)C[C@@]32C)n1. The van der Waals surface area contributed by atoms with Crippen molar-refractivity contribution in [2.24, 2.45) is 5.41 Å². The lowest BCUT2D eigenvalue weighted by Gasteiger charge is -2.46.